The van der Waals surface area contributed by atoms with Crippen LogP contribution in [0.2, 0.25) is 0 Å². The summed E-state index contributed by atoms with van der Waals surface area (Å²) in [6.45, 7) is 9.50. The monoisotopic (exact) mass is 256 g/mol. The van der Waals surface area contributed by atoms with E-state index in [4.69, 9.17) is 5.73 Å². The van der Waals surface area contributed by atoms with Crippen molar-refractivity contribution < 1.29 is 4.79 Å². The van der Waals surface area contributed by atoms with Crippen molar-refractivity contribution in [2.24, 2.45) is 5.73 Å². The molecule has 1 rings (SSSR count). The Morgan fingerprint density at radius 3 is 2.44 bits per heavy atom. The molecule has 0 aromatic heterocycles. The Labute approximate surface area is 111 Å². The first kappa shape index (κ1) is 15.4. The first-order valence-electron chi connectivity index (χ1n) is 7.17. The van der Waals surface area contributed by atoms with Gasteiger partial charge in [0.25, 0.3) is 0 Å². The van der Waals surface area contributed by atoms with E-state index in [9.17, 15) is 4.79 Å². The summed E-state index contributed by atoms with van der Waals surface area (Å²) >= 11 is 0. The highest BCUT2D eigenvalue weighted by atomic mass is 16.2. The lowest BCUT2D eigenvalue weighted by atomic mass is 10.2. The predicted molar refractivity (Wildman–Crippen MR) is 74.5 cm³/mol. The Bertz CT molecular complexity index is 227. The van der Waals surface area contributed by atoms with E-state index in [-0.39, 0.29) is 5.91 Å². The first-order chi connectivity index (χ1) is 8.76. The van der Waals surface area contributed by atoms with Crippen molar-refractivity contribution in [1.82, 2.24) is 15.1 Å². The van der Waals surface area contributed by atoms with Crippen LogP contribution in [0.5, 0.6) is 0 Å². The molecule has 3 N–H and O–H groups in total. The summed E-state index contributed by atoms with van der Waals surface area (Å²) in [5, 5.41) is 2.92. The summed E-state index contributed by atoms with van der Waals surface area (Å²) in [7, 11) is 0. The molecule has 0 aromatic carbocycles. The summed E-state index contributed by atoms with van der Waals surface area (Å²) in [6.07, 6.45) is 3.30. The molecule has 0 aromatic rings. The third-order valence-electron chi connectivity index (χ3n) is 3.33. The molecule has 0 bridgehead atoms. The molecule has 0 radical (unpaired) electrons. The van der Waals surface area contributed by atoms with Crippen LogP contribution in [0.3, 0.4) is 0 Å². The molecular formula is C13H28N4O. The maximum absolute atomic E-state index is 11.6. The second kappa shape index (κ2) is 9.30. The van der Waals surface area contributed by atoms with Crippen molar-refractivity contribution in [3.8, 4) is 0 Å². The number of carbonyl (C=O) groups is 1. The fraction of sp³-hybridized carbons (Fsp3) is 0.923. The van der Waals surface area contributed by atoms with E-state index in [1.165, 1.54) is 6.42 Å². The zero-order valence-electron chi connectivity index (χ0n) is 11.7. The number of unbranched alkanes of at least 4 members (excludes halogenated alkanes) is 1. The van der Waals surface area contributed by atoms with Crippen molar-refractivity contribution >= 4 is 5.91 Å². The molecular weight excluding hydrogens is 228 g/mol. The second-order valence-corrected chi connectivity index (χ2v) is 4.96. The van der Waals surface area contributed by atoms with E-state index in [1.807, 2.05) is 0 Å². The predicted octanol–water partition coefficient (Wildman–Crippen LogP) is -0.131. The van der Waals surface area contributed by atoms with E-state index >= 15 is 0 Å². The zero-order chi connectivity index (χ0) is 13.2. The number of hydrogen-bond acceptors (Lipinski definition) is 4. The Morgan fingerprint density at radius 1 is 1.17 bits per heavy atom. The number of nitrogens with zero attached hydrogens (tertiary/aromatic N) is 2. The fourth-order valence-electron chi connectivity index (χ4n) is 2.17. The highest BCUT2D eigenvalue weighted by Gasteiger charge is 2.18. The number of amides is 1. The molecule has 1 aliphatic heterocycles. The van der Waals surface area contributed by atoms with Crippen molar-refractivity contribution in [2.45, 2.75) is 26.2 Å². The Kier molecular flexibility index (Phi) is 7.96. The van der Waals surface area contributed by atoms with Gasteiger partial charge in [-0.25, -0.2) is 0 Å². The minimum Gasteiger partial charge on any atom is -0.355 e. The molecule has 1 aliphatic rings. The summed E-state index contributed by atoms with van der Waals surface area (Å²) in [5.74, 6) is 0.161. The maximum Gasteiger partial charge on any atom is 0.234 e. The van der Waals surface area contributed by atoms with Crippen LogP contribution >= 0.6 is 0 Å². The van der Waals surface area contributed by atoms with Gasteiger partial charge in [-0.2, -0.15) is 0 Å². The number of rotatable bonds is 8. The highest BCUT2D eigenvalue weighted by molar-refractivity contribution is 5.77. The van der Waals surface area contributed by atoms with E-state index < -0.39 is 0 Å². The third kappa shape index (κ3) is 6.33. The van der Waals surface area contributed by atoms with Gasteiger partial charge in [0.05, 0.1) is 6.54 Å². The van der Waals surface area contributed by atoms with E-state index in [2.05, 4.69) is 22.0 Å². The Morgan fingerprint density at radius 2 is 1.83 bits per heavy atom. The number of hydrogen-bond donors (Lipinski definition) is 2. The van der Waals surface area contributed by atoms with Crippen LogP contribution in [0.1, 0.15) is 26.2 Å². The number of nitrogens with one attached hydrogen (secondary N) is 1. The quantitative estimate of drug-likeness (QED) is 0.594. The maximum atomic E-state index is 11.6. The van der Waals surface area contributed by atoms with Crippen LogP contribution in [-0.2, 0) is 4.79 Å². The summed E-state index contributed by atoms with van der Waals surface area (Å²) in [4.78, 5) is 16.3. The second-order valence-electron chi connectivity index (χ2n) is 4.96. The smallest absolute Gasteiger partial charge is 0.234 e. The van der Waals surface area contributed by atoms with Crippen molar-refractivity contribution in [3.05, 3.63) is 0 Å². The molecule has 0 unspecified atom stereocenters. The van der Waals surface area contributed by atoms with Crippen molar-refractivity contribution in [2.75, 3.05) is 52.4 Å². The summed E-state index contributed by atoms with van der Waals surface area (Å²) < 4.78 is 0. The first-order valence-corrected chi connectivity index (χ1v) is 7.17. The van der Waals surface area contributed by atoms with Crippen LogP contribution in [-0.4, -0.2) is 68.1 Å². The molecule has 0 saturated carbocycles. The molecule has 1 heterocycles. The molecule has 5 heteroatoms. The van der Waals surface area contributed by atoms with Crippen LogP contribution in [0.25, 0.3) is 0 Å². The lowest BCUT2D eigenvalue weighted by molar-refractivity contribution is -0.122. The molecule has 1 fully saturated rings. The van der Waals surface area contributed by atoms with Gasteiger partial charge in [-0.05, 0) is 32.4 Å². The number of carbonyl (C=O) groups excluding carboxylic acids is 1. The van der Waals surface area contributed by atoms with Gasteiger partial charge in [-0.15, -0.1) is 0 Å². The van der Waals surface area contributed by atoms with Crippen LogP contribution < -0.4 is 11.1 Å². The van der Waals surface area contributed by atoms with Gasteiger partial charge in [0.1, 0.15) is 0 Å². The fourth-order valence-corrected chi connectivity index (χ4v) is 2.17. The topological polar surface area (TPSA) is 61.6 Å². The normalized spacial score (nSPS) is 17.9. The molecule has 1 saturated heterocycles. The summed E-state index contributed by atoms with van der Waals surface area (Å²) in [5.41, 5.74) is 5.49. The molecule has 0 spiro atoms. The molecule has 0 atom stereocenters. The average molecular weight is 256 g/mol. The molecule has 18 heavy (non-hydrogen) atoms. The van der Waals surface area contributed by atoms with Crippen LogP contribution in [0.4, 0.5) is 0 Å². The van der Waals surface area contributed by atoms with Gasteiger partial charge in [-0.3, -0.25) is 9.69 Å². The van der Waals surface area contributed by atoms with Crippen molar-refractivity contribution in [3.63, 3.8) is 0 Å². The average Bonchev–Trinajstić information content (AvgIpc) is 2.39. The number of nitrogens with two attached hydrogens (primary N) is 1. The van der Waals surface area contributed by atoms with E-state index in [0.717, 1.165) is 58.7 Å². The van der Waals surface area contributed by atoms with Gasteiger partial charge < -0.3 is 16.0 Å². The van der Waals surface area contributed by atoms with Gasteiger partial charge in [0.15, 0.2) is 0 Å². The molecule has 0 aliphatic carbocycles. The standard InChI is InChI=1S/C13H28N4O/c1-2-6-15-13(18)12-17-10-8-16(9-11-17)7-4-3-5-14/h2-12,14H2,1H3,(H,15,18). The molecule has 1 amide bonds. The Hall–Kier alpha value is -0.650. The van der Waals surface area contributed by atoms with Crippen molar-refractivity contribution in [1.29, 1.82) is 0 Å². The van der Waals surface area contributed by atoms with Gasteiger partial charge in [0.2, 0.25) is 5.91 Å². The zero-order valence-corrected chi connectivity index (χ0v) is 11.7. The van der Waals surface area contributed by atoms with E-state index in [1.54, 1.807) is 0 Å². The minimum absolute atomic E-state index is 0.161. The summed E-state index contributed by atoms with van der Waals surface area (Å²) in [6, 6.07) is 0. The largest absolute Gasteiger partial charge is 0.355 e. The lowest BCUT2D eigenvalue weighted by Crippen LogP contribution is -2.49. The van der Waals surface area contributed by atoms with Crippen LogP contribution in [0, 0.1) is 0 Å². The van der Waals surface area contributed by atoms with Gasteiger partial charge in [0, 0.05) is 32.7 Å². The highest BCUT2D eigenvalue weighted by Crippen LogP contribution is 2.03. The number of piperazine rings is 1. The SMILES string of the molecule is CCCNC(=O)CN1CCN(CCCCN)CC1. The molecule has 5 nitrogen and oxygen atoms in total. The lowest BCUT2D eigenvalue weighted by Gasteiger charge is -2.34. The van der Waals surface area contributed by atoms with Gasteiger partial charge >= 0.3 is 0 Å². The van der Waals surface area contributed by atoms with Crippen LogP contribution in [0.15, 0.2) is 0 Å². The minimum atomic E-state index is 0.161. The third-order valence-corrected chi connectivity index (χ3v) is 3.33. The Balaban J connectivity index is 2.09. The molecule has 106 valence electrons. The van der Waals surface area contributed by atoms with Gasteiger partial charge in [-0.1, -0.05) is 6.92 Å². The van der Waals surface area contributed by atoms with E-state index in [0.29, 0.717) is 6.54 Å².